The molecule has 2 fully saturated rings. The summed E-state index contributed by atoms with van der Waals surface area (Å²) in [5, 5.41) is 6.69. The number of nitrogens with one attached hydrogen (secondary N) is 2. The Hall–Kier alpha value is -0.290. The Kier molecular flexibility index (Phi) is 4.90. The average Bonchev–Trinajstić information content (AvgIpc) is 2.37. The minimum absolute atomic E-state index is 0.0623. The molecule has 3 atom stereocenters. The fraction of sp³-hybridized carbons (Fsp3) is 1.00. The molecule has 5 heteroatoms. The highest BCUT2D eigenvalue weighted by Gasteiger charge is 2.42. The number of rotatable bonds is 3. The van der Waals surface area contributed by atoms with E-state index in [-0.39, 0.29) is 12.5 Å². The predicted octanol–water partition coefficient (Wildman–Crippen LogP) is 2.70. The zero-order valence-electron chi connectivity index (χ0n) is 10.7. The van der Waals surface area contributed by atoms with Crippen LogP contribution in [0, 0.1) is 11.8 Å². The first-order valence-electron chi connectivity index (χ1n) is 7.06. The van der Waals surface area contributed by atoms with Gasteiger partial charge in [0.05, 0.1) is 5.92 Å². The second kappa shape index (κ2) is 6.24. The van der Waals surface area contributed by atoms with Crippen molar-refractivity contribution in [3.8, 4) is 0 Å². The van der Waals surface area contributed by atoms with Crippen LogP contribution in [0.5, 0.6) is 0 Å². The molecule has 1 aliphatic heterocycles. The molecule has 2 N–H and O–H groups in total. The van der Waals surface area contributed by atoms with Crippen LogP contribution in [0.25, 0.3) is 0 Å². The first-order valence-corrected chi connectivity index (χ1v) is 7.06. The Bertz CT molecular complexity index is 249. The summed E-state index contributed by atoms with van der Waals surface area (Å²) in [5.41, 5.74) is 0. The van der Waals surface area contributed by atoms with Crippen molar-refractivity contribution in [1.82, 2.24) is 10.6 Å². The Balaban J connectivity index is 1.72. The summed E-state index contributed by atoms with van der Waals surface area (Å²) in [6.45, 7) is 2.95. The lowest BCUT2D eigenvalue weighted by molar-refractivity contribution is -0.183. The van der Waals surface area contributed by atoms with Crippen molar-refractivity contribution in [2.45, 2.75) is 50.7 Å². The molecular formula is C13H23F3N2. The Morgan fingerprint density at radius 3 is 2.61 bits per heavy atom. The molecule has 0 amide bonds. The van der Waals surface area contributed by atoms with Gasteiger partial charge in [0.2, 0.25) is 0 Å². The van der Waals surface area contributed by atoms with E-state index < -0.39 is 12.1 Å². The third-order valence-corrected chi connectivity index (χ3v) is 4.23. The van der Waals surface area contributed by atoms with Crippen LogP contribution in [0.4, 0.5) is 13.2 Å². The molecule has 0 aromatic rings. The molecule has 0 spiro atoms. The van der Waals surface area contributed by atoms with Crippen LogP contribution in [0.15, 0.2) is 0 Å². The largest absolute Gasteiger partial charge is 0.391 e. The molecule has 1 saturated carbocycles. The maximum Gasteiger partial charge on any atom is 0.391 e. The van der Waals surface area contributed by atoms with Gasteiger partial charge >= 0.3 is 6.18 Å². The van der Waals surface area contributed by atoms with Crippen LogP contribution < -0.4 is 10.6 Å². The van der Waals surface area contributed by atoms with E-state index in [9.17, 15) is 13.2 Å². The molecule has 3 unspecified atom stereocenters. The third kappa shape index (κ3) is 4.12. The van der Waals surface area contributed by atoms with Crippen LogP contribution in [0.1, 0.15) is 38.5 Å². The van der Waals surface area contributed by atoms with E-state index in [0.29, 0.717) is 18.8 Å². The summed E-state index contributed by atoms with van der Waals surface area (Å²) < 4.78 is 38.0. The van der Waals surface area contributed by atoms with Gasteiger partial charge < -0.3 is 10.6 Å². The van der Waals surface area contributed by atoms with Crippen molar-refractivity contribution < 1.29 is 13.2 Å². The van der Waals surface area contributed by atoms with Gasteiger partial charge in [-0.2, -0.15) is 13.2 Å². The van der Waals surface area contributed by atoms with Gasteiger partial charge in [0.25, 0.3) is 0 Å². The van der Waals surface area contributed by atoms with Crippen LogP contribution in [0.2, 0.25) is 0 Å². The molecule has 0 aromatic heterocycles. The molecule has 0 aromatic carbocycles. The van der Waals surface area contributed by atoms with Gasteiger partial charge in [-0.15, -0.1) is 0 Å². The summed E-state index contributed by atoms with van der Waals surface area (Å²) in [6.07, 6.45) is 0.540. The van der Waals surface area contributed by atoms with E-state index in [1.54, 1.807) is 0 Å². The summed E-state index contributed by atoms with van der Waals surface area (Å²) >= 11 is 0. The lowest BCUT2D eigenvalue weighted by Crippen LogP contribution is -2.43. The Morgan fingerprint density at radius 1 is 1.11 bits per heavy atom. The lowest BCUT2D eigenvalue weighted by atomic mass is 9.85. The Morgan fingerprint density at radius 2 is 1.94 bits per heavy atom. The van der Waals surface area contributed by atoms with E-state index in [0.717, 1.165) is 26.1 Å². The number of alkyl halides is 3. The van der Waals surface area contributed by atoms with Gasteiger partial charge in [0.1, 0.15) is 0 Å². The number of halogens is 3. The monoisotopic (exact) mass is 264 g/mol. The van der Waals surface area contributed by atoms with Crippen molar-refractivity contribution in [1.29, 1.82) is 0 Å². The first-order chi connectivity index (χ1) is 8.55. The van der Waals surface area contributed by atoms with E-state index in [4.69, 9.17) is 0 Å². The van der Waals surface area contributed by atoms with Crippen LogP contribution in [-0.4, -0.2) is 31.9 Å². The minimum Gasteiger partial charge on any atom is -0.316 e. The van der Waals surface area contributed by atoms with Gasteiger partial charge in [0, 0.05) is 6.04 Å². The maximum atomic E-state index is 12.7. The predicted molar refractivity (Wildman–Crippen MR) is 65.4 cm³/mol. The second-order valence-electron chi connectivity index (χ2n) is 5.72. The normalized spacial score (nSPS) is 34.5. The van der Waals surface area contributed by atoms with Crippen molar-refractivity contribution in [2.24, 2.45) is 11.8 Å². The smallest absolute Gasteiger partial charge is 0.316 e. The molecule has 0 bridgehead atoms. The fourth-order valence-corrected chi connectivity index (χ4v) is 3.10. The molecular weight excluding hydrogens is 241 g/mol. The highest BCUT2D eigenvalue weighted by molar-refractivity contribution is 4.83. The highest BCUT2D eigenvalue weighted by atomic mass is 19.4. The summed E-state index contributed by atoms with van der Waals surface area (Å²) in [4.78, 5) is 0. The quantitative estimate of drug-likeness (QED) is 0.819. The zero-order chi connectivity index (χ0) is 13.0. The van der Waals surface area contributed by atoms with Gasteiger partial charge in [-0.25, -0.2) is 0 Å². The summed E-state index contributed by atoms with van der Waals surface area (Å²) in [6, 6.07) is 0.0623. The van der Waals surface area contributed by atoms with E-state index >= 15 is 0 Å². The molecule has 2 nitrogen and oxygen atoms in total. The fourth-order valence-electron chi connectivity index (χ4n) is 3.10. The van der Waals surface area contributed by atoms with E-state index in [2.05, 4.69) is 10.6 Å². The van der Waals surface area contributed by atoms with Crippen LogP contribution >= 0.6 is 0 Å². The van der Waals surface area contributed by atoms with Crippen LogP contribution in [-0.2, 0) is 0 Å². The molecule has 2 aliphatic rings. The number of hydrogen-bond donors (Lipinski definition) is 2. The second-order valence-corrected chi connectivity index (χ2v) is 5.72. The molecule has 106 valence electrons. The number of hydrogen-bond acceptors (Lipinski definition) is 2. The SMILES string of the molecule is FC(F)(F)C1CCCC(NCC2CCCNC2)C1. The molecule has 1 heterocycles. The molecule has 18 heavy (non-hydrogen) atoms. The van der Waals surface area contributed by atoms with Gasteiger partial charge in [-0.3, -0.25) is 0 Å². The molecule has 2 rings (SSSR count). The lowest BCUT2D eigenvalue weighted by Gasteiger charge is -2.32. The number of piperidine rings is 1. The highest BCUT2D eigenvalue weighted by Crippen LogP contribution is 2.37. The van der Waals surface area contributed by atoms with E-state index in [1.807, 2.05) is 0 Å². The van der Waals surface area contributed by atoms with Crippen molar-refractivity contribution in [3.05, 3.63) is 0 Å². The molecule has 0 radical (unpaired) electrons. The van der Waals surface area contributed by atoms with Crippen molar-refractivity contribution >= 4 is 0 Å². The van der Waals surface area contributed by atoms with Gasteiger partial charge in [0.15, 0.2) is 0 Å². The molecule has 1 aliphatic carbocycles. The third-order valence-electron chi connectivity index (χ3n) is 4.23. The zero-order valence-corrected chi connectivity index (χ0v) is 10.7. The van der Waals surface area contributed by atoms with Gasteiger partial charge in [-0.05, 0) is 57.7 Å². The van der Waals surface area contributed by atoms with Crippen LogP contribution in [0.3, 0.4) is 0 Å². The summed E-state index contributed by atoms with van der Waals surface area (Å²) in [5.74, 6) is -0.502. The standard InChI is InChI=1S/C13H23F3N2/c14-13(15,16)11-4-1-5-12(7-11)18-9-10-3-2-6-17-8-10/h10-12,17-18H,1-9H2. The molecule has 1 saturated heterocycles. The van der Waals surface area contributed by atoms with Crippen molar-refractivity contribution in [2.75, 3.05) is 19.6 Å². The van der Waals surface area contributed by atoms with Gasteiger partial charge in [-0.1, -0.05) is 6.42 Å². The Labute approximate surface area is 107 Å². The summed E-state index contributed by atoms with van der Waals surface area (Å²) in [7, 11) is 0. The average molecular weight is 264 g/mol. The minimum atomic E-state index is -4.01. The van der Waals surface area contributed by atoms with E-state index in [1.165, 1.54) is 12.8 Å². The first kappa shape index (κ1) is 14.1. The van der Waals surface area contributed by atoms with Crippen molar-refractivity contribution in [3.63, 3.8) is 0 Å². The topological polar surface area (TPSA) is 24.1 Å². The maximum absolute atomic E-state index is 12.7.